The van der Waals surface area contributed by atoms with Gasteiger partial charge in [0, 0.05) is 27.0 Å². The molecule has 2 rings (SSSR count). The van der Waals surface area contributed by atoms with Crippen molar-refractivity contribution in [1.29, 1.82) is 0 Å². The monoisotopic (exact) mass is 427 g/mol. The van der Waals surface area contributed by atoms with E-state index < -0.39 is 8.07 Å². The molecule has 0 aliphatic carbocycles. The van der Waals surface area contributed by atoms with E-state index in [0.717, 1.165) is 15.8 Å². The number of hydrogen-bond donors (Lipinski definition) is 1. The number of aryl methyl sites for hydroxylation is 2. The number of benzene rings is 1. The zero-order chi connectivity index (χ0) is 16.3. The number of carbonyl (C=O) groups excluding carboxylic acids is 1. The molecule has 0 fully saturated rings. The SMILES string of the molecule is Cn1cc(C(=O)Nc2ccccc2CC[Si](C)(C)C)c(I)n1. The second-order valence-corrected chi connectivity index (χ2v) is 13.3. The second-order valence-electron chi connectivity index (χ2n) is 6.68. The minimum atomic E-state index is -1.10. The third kappa shape index (κ3) is 4.67. The van der Waals surface area contributed by atoms with Gasteiger partial charge in [-0.2, -0.15) is 5.10 Å². The maximum absolute atomic E-state index is 12.4. The Balaban J connectivity index is 2.16. The highest BCUT2D eigenvalue weighted by Gasteiger charge is 2.17. The van der Waals surface area contributed by atoms with Crippen LogP contribution in [0, 0.1) is 3.70 Å². The minimum absolute atomic E-state index is 0.0991. The molecule has 1 N–H and O–H groups in total. The lowest BCUT2D eigenvalue weighted by molar-refractivity contribution is 0.102. The number of rotatable bonds is 5. The summed E-state index contributed by atoms with van der Waals surface area (Å²) in [6, 6.07) is 9.28. The fraction of sp³-hybridized carbons (Fsp3) is 0.375. The molecule has 0 radical (unpaired) electrons. The van der Waals surface area contributed by atoms with Crippen LogP contribution in [-0.2, 0) is 13.5 Å². The van der Waals surface area contributed by atoms with E-state index >= 15 is 0 Å². The van der Waals surface area contributed by atoms with Gasteiger partial charge in [-0.1, -0.05) is 43.9 Å². The van der Waals surface area contributed by atoms with E-state index in [2.05, 4.69) is 58.7 Å². The molecule has 1 amide bonds. The van der Waals surface area contributed by atoms with Crippen LogP contribution < -0.4 is 5.32 Å². The van der Waals surface area contributed by atoms with Gasteiger partial charge >= 0.3 is 0 Å². The zero-order valence-corrected chi connectivity index (χ0v) is 16.6. The van der Waals surface area contributed by atoms with E-state index in [1.807, 2.05) is 25.2 Å². The van der Waals surface area contributed by atoms with Gasteiger partial charge in [0.05, 0.1) is 5.56 Å². The average Bonchev–Trinajstić information content (AvgIpc) is 2.76. The van der Waals surface area contributed by atoms with Crippen LogP contribution >= 0.6 is 22.6 Å². The number of carbonyl (C=O) groups is 1. The summed E-state index contributed by atoms with van der Waals surface area (Å²) in [7, 11) is 0.721. The lowest BCUT2D eigenvalue weighted by Crippen LogP contribution is -2.20. The van der Waals surface area contributed by atoms with Gasteiger partial charge in [0.15, 0.2) is 0 Å². The zero-order valence-electron chi connectivity index (χ0n) is 13.5. The average molecular weight is 427 g/mol. The maximum Gasteiger partial charge on any atom is 0.259 e. The summed E-state index contributed by atoms with van der Waals surface area (Å²) in [6.45, 7) is 7.10. The Bertz CT molecular complexity index is 676. The molecule has 1 aromatic carbocycles. The molecule has 0 bridgehead atoms. The summed E-state index contributed by atoms with van der Waals surface area (Å²) in [4.78, 5) is 12.4. The highest BCUT2D eigenvalue weighted by Crippen LogP contribution is 2.22. The summed E-state index contributed by atoms with van der Waals surface area (Å²) in [5.41, 5.74) is 2.73. The number of para-hydroxylation sites is 1. The van der Waals surface area contributed by atoms with Gasteiger partial charge in [-0.25, -0.2) is 0 Å². The summed E-state index contributed by atoms with van der Waals surface area (Å²) in [5.74, 6) is -0.0991. The van der Waals surface area contributed by atoms with Crippen LogP contribution in [0.3, 0.4) is 0 Å². The van der Waals surface area contributed by atoms with Crippen molar-refractivity contribution in [2.45, 2.75) is 32.1 Å². The van der Waals surface area contributed by atoms with Gasteiger partial charge in [0.1, 0.15) is 3.70 Å². The third-order valence-corrected chi connectivity index (χ3v) is 5.99. The number of hydrogen-bond acceptors (Lipinski definition) is 2. The van der Waals surface area contributed by atoms with Gasteiger partial charge in [-0.05, 0) is 40.6 Å². The van der Waals surface area contributed by atoms with Gasteiger partial charge in [-0.3, -0.25) is 9.48 Å². The second kappa shape index (κ2) is 6.95. The Labute approximate surface area is 146 Å². The van der Waals surface area contributed by atoms with Crippen molar-refractivity contribution in [2.24, 2.45) is 7.05 Å². The fourth-order valence-corrected chi connectivity index (χ4v) is 3.92. The highest BCUT2D eigenvalue weighted by molar-refractivity contribution is 14.1. The first-order valence-corrected chi connectivity index (χ1v) is 12.1. The van der Waals surface area contributed by atoms with Crippen molar-refractivity contribution in [3.63, 3.8) is 0 Å². The minimum Gasteiger partial charge on any atom is -0.322 e. The lowest BCUT2D eigenvalue weighted by atomic mass is 10.1. The highest BCUT2D eigenvalue weighted by atomic mass is 127. The molecule has 118 valence electrons. The van der Waals surface area contributed by atoms with E-state index in [-0.39, 0.29) is 5.91 Å². The first-order chi connectivity index (χ1) is 10.3. The molecule has 0 atom stereocenters. The number of anilines is 1. The number of nitrogens with one attached hydrogen (secondary N) is 1. The van der Waals surface area contributed by atoms with Crippen LogP contribution in [0.5, 0.6) is 0 Å². The molecule has 0 aliphatic heterocycles. The van der Waals surface area contributed by atoms with Crippen molar-refractivity contribution < 1.29 is 4.79 Å². The van der Waals surface area contributed by atoms with Crippen LogP contribution in [0.25, 0.3) is 0 Å². The number of halogens is 1. The molecule has 0 spiro atoms. The van der Waals surface area contributed by atoms with Crippen LogP contribution in [0.1, 0.15) is 15.9 Å². The molecule has 0 unspecified atom stereocenters. The van der Waals surface area contributed by atoms with Gasteiger partial charge in [-0.15, -0.1) is 0 Å². The topological polar surface area (TPSA) is 46.9 Å². The van der Waals surface area contributed by atoms with E-state index in [4.69, 9.17) is 0 Å². The quantitative estimate of drug-likeness (QED) is 0.576. The summed E-state index contributed by atoms with van der Waals surface area (Å²) in [6.07, 6.45) is 2.76. The van der Waals surface area contributed by atoms with Crippen molar-refractivity contribution in [2.75, 3.05) is 5.32 Å². The Hall–Kier alpha value is -1.15. The Morgan fingerprint density at radius 1 is 1.32 bits per heavy atom. The molecule has 0 saturated carbocycles. The molecular formula is C16H22IN3OSi. The maximum atomic E-state index is 12.4. The van der Waals surface area contributed by atoms with E-state index in [1.165, 1.54) is 11.6 Å². The predicted octanol–water partition coefficient (Wildman–Crippen LogP) is 4.16. The van der Waals surface area contributed by atoms with Crippen LogP contribution in [-0.4, -0.2) is 23.8 Å². The van der Waals surface area contributed by atoms with Gasteiger partial charge < -0.3 is 5.32 Å². The summed E-state index contributed by atoms with van der Waals surface area (Å²) in [5, 5.41) is 7.25. The summed E-state index contributed by atoms with van der Waals surface area (Å²) >= 11 is 2.09. The van der Waals surface area contributed by atoms with Gasteiger partial charge in [0.2, 0.25) is 0 Å². The molecule has 1 aromatic heterocycles. The van der Waals surface area contributed by atoms with E-state index in [1.54, 1.807) is 10.9 Å². The standard InChI is InChI=1S/C16H22IN3OSi/c1-20-11-13(15(17)19-20)16(21)18-14-8-6-5-7-12(14)9-10-22(2,3)4/h5-8,11H,9-10H2,1-4H3,(H,18,21). The third-order valence-electron chi connectivity index (χ3n) is 3.44. The normalized spacial score (nSPS) is 11.5. The number of aromatic nitrogens is 2. The van der Waals surface area contributed by atoms with E-state index in [0.29, 0.717) is 5.56 Å². The smallest absolute Gasteiger partial charge is 0.259 e. The lowest BCUT2D eigenvalue weighted by Gasteiger charge is -2.17. The largest absolute Gasteiger partial charge is 0.322 e. The Morgan fingerprint density at radius 2 is 2.00 bits per heavy atom. The van der Waals surface area contributed by atoms with Crippen molar-refractivity contribution in [1.82, 2.24) is 9.78 Å². The van der Waals surface area contributed by atoms with Crippen LogP contribution in [0.15, 0.2) is 30.5 Å². The van der Waals surface area contributed by atoms with Crippen LogP contribution in [0.4, 0.5) is 5.69 Å². The van der Waals surface area contributed by atoms with Crippen molar-refractivity contribution in [3.8, 4) is 0 Å². The first-order valence-electron chi connectivity index (χ1n) is 7.35. The van der Waals surface area contributed by atoms with E-state index in [9.17, 15) is 4.79 Å². The van der Waals surface area contributed by atoms with Crippen molar-refractivity contribution >= 4 is 42.3 Å². The summed E-state index contributed by atoms with van der Waals surface area (Å²) < 4.78 is 2.38. The molecule has 4 nitrogen and oxygen atoms in total. The number of nitrogens with zero attached hydrogens (tertiary/aromatic N) is 2. The molecule has 1 heterocycles. The van der Waals surface area contributed by atoms with Crippen LogP contribution in [0.2, 0.25) is 25.7 Å². The van der Waals surface area contributed by atoms with Crippen molar-refractivity contribution in [3.05, 3.63) is 45.3 Å². The molecule has 6 heteroatoms. The molecular weight excluding hydrogens is 405 g/mol. The number of amides is 1. The Kier molecular flexibility index (Phi) is 5.44. The molecule has 0 saturated heterocycles. The Morgan fingerprint density at radius 3 is 2.59 bits per heavy atom. The predicted molar refractivity (Wildman–Crippen MR) is 102 cm³/mol. The first kappa shape index (κ1) is 17.2. The molecule has 22 heavy (non-hydrogen) atoms. The van der Waals surface area contributed by atoms with Gasteiger partial charge in [0.25, 0.3) is 5.91 Å². The molecule has 2 aromatic rings. The molecule has 0 aliphatic rings. The fourth-order valence-electron chi connectivity index (χ4n) is 2.17.